The van der Waals surface area contributed by atoms with Gasteiger partial charge in [-0.15, -0.1) is 0 Å². The van der Waals surface area contributed by atoms with Crippen LogP contribution in [0.2, 0.25) is 5.02 Å². The maximum absolute atomic E-state index is 11.7. The van der Waals surface area contributed by atoms with Crippen LogP contribution in [-0.2, 0) is 10.2 Å². The van der Waals surface area contributed by atoms with E-state index < -0.39 is 0 Å². The molecule has 5 heteroatoms. The lowest BCUT2D eigenvalue weighted by molar-refractivity contribution is 0.127. The summed E-state index contributed by atoms with van der Waals surface area (Å²) in [6.07, 6.45) is 3.75. The van der Waals surface area contributed by atoms with Gasteiger partial charge in [-0.3, -0.25) is 0 Å². The van der Waals surface area contributed by atoms with Crippen LogP contribution in [0.15, 0.2) is 24.3 Å². The van der Waals surface area contributed by atoms with Gasteiger partial charge in [0, 0.05) is 23.0 Å². The molecule has 0 atom stereocenters. The van der Waals surface area contributed by atoms with Gasteiger partial charge >= 0.3 is 6.09 Å². The van der Waals surface area contributed by atoms with E-state index >= 15 is 0 Å². The first-order chi connectivity index (χ1) is 10.1. The summed E-state index contributed by atoms with van der Waals surface area (Å²) in [6, 6.07) is 8.31. The van der Waals surface area contributed by atoms with Gasteiger partial charge in [-0.05, 0) is 43.4 Å². The molecule has 2 aliphatic rings. The number of benzene rings is 1. The zero-order valence-corrected chi connectivity index (χ0v) is 12.8. The Morgan fingerprint density at radius 2 is 2.14 bits per heavy atom. The zero-order chi connectivity index (χ0) is 14.9. The van der Waals surface area contributed by atoms with Crippen molar-refractivity contribution in [3.63, 3.8) is 0 Å². The first kappa shape index (κ1) is 14.7. The zero-order valence-electron chi connectivity index (χ0n) is 12.1. The van der Waals surface area contributed by atoms with Gasteiger partial charge < -0.3 is 15.4 Å². The van der Waals surface area contributed by atoms with Crippen LogP contribution in [0.4, 0.5) is 4.79 Å². The molecule has 1 saturated heterocycles. The maximum atomic E-state index is 11.7. The molecule has 1 amide bonds. The average Bonchev–Trinajstić information content (AvgIpc) is 2.93. The Hall–Kier alpha value is -1.26. The lowest BCUT2D eigenvalue weighted by Crippen LogP contribution is -2.45. The molecule has 0 radical (unpaired) electrons. The predicted octanol–water partition coefficient (Wildman–Crippen LogP) is 2.93. The number of carbonyl (C=O) groups excluding carboxylic acids is 1. The minimum Gasteiger partial charge on any atom is -0.448 e. The smallest absolute Gasteiger partial charge is 0.410 e. The van der Waals surface area contributed by atoms with Crippen molar-refractivity contribution >= 4 is 17.7 Å². The monoisotopic (exact) mass is 308 g/mol. The first-order valence-electron chi connectivity index (χ1n) is 7.54. The molecule has 0 bridgehead atoms. The second-order valence-corrected chi connectivity index (χ2v) is 6.47. The highest BCUT2D eigenvalue weighted by Gasteiger charge is 2.40. The summed E-state index contributed by atoms with van der Waals surface area (Å²) in [4.78, 5) is 13.6. The molecule has 2 N–H and O–H groups in total. The second kappa shape index (κ2) is 5.85. The van der Waals surface area contributed by atoms with Gasteiger partial charge in [-0.25, -0.2) is 4.79 Å². The van der Waals surface area contributed by atoms with E-state index in [-0.39, 0.29) is 11.5 Å². The number of amides is 1. The Kier molecular flexibility index (Phi) is 4.09. The van der Waals surface area contributed by atoms with Crippen LogP contribution in [-0.4, -0.2) is 36.7 Å². The number of nitrogens with zero attached hydrogens (tertiary/aromatic N) is 1. The van der Waals surface area contributed by atoms with Crippen LogP contribution in [0.5, 0.6) is 0 Å². The lowest BCUT2D eigenvalue weighted by Gasteiger charge is -2.42. The molecule has 0 aromatic heterocycles. The molecular formula is C16H21ClN2O2. The number of halogens is 1. The van der Waals surface area contributed by atoms with Crippen molar-refractivity contribution in [2.24, 2.45) is 5.73 Å². The van der Waals surface area contributed by atoms with E-state index in [1.54, 1.807) is 0 Å². The van der Waals surface area contributed by atoms with E-state index in [1.165, 1.54) is 5.56 Å². The van der Waals surface area contributed by atoms with Gasteiger partial charge in [0.25, 0.3) is 0 Å². The van der Waals surface area contributed by atoms with E-state index in [0.717, 1.165) is 37.3 Å². The molecule has 1 heterocycles. The quantitative estimate of drug-likeness (QED) is 0.934. The minimum absolute atomic E-state index is 0.00890. The van der Waals surface area contributed by atoms with Gasteiger partial charge in [0.15, 0.2) is 0 Å². The summed E-state index contributed by atoms with van der Waals surface area (Å²) in [5, 5.41) is 0.755. The summed E-state index contributed by atoms with van der Waals surface area (Å²) >= 11 is 6.12. The number of nitrogens with two attached hydrogens (primary N) is 1. The van der Waals surface area contributed by atoms with E-state index in [0.29, 0.717) is 19.2 Å². The molecule has 21 heavy (non-hydrogen) atoms. The van der Waals surface area contributed by atoms with Crippen molar-refractivity contribution in [3.05, 3.63) is 34.9 Å². The Morgan fingerprint density at radius 3 is 2.71 bits per heavy atom. The maximum Gasteiger partial charge on any atom is 0.410 e. The van der Waals surface area contributed by atoms with Gasteiger partial charge in [0.05, 0.1) is 6.54 Å². The third-order valence-electron chi connectivity index (χ3n) is 4.97. The number of hydrogen-bond acceptors (Lipinski definition) is 3. The summed E-state index contributed by atoms with van der Waals surface area (Å²) in [5.41, 5.74) is 7.31. The van der Waals surface area contributed by atoms with Crippen molar-refractivity contribution in [3.8, 4) is 0 Å². The average molecular weight is 309 g/mol. The molecule has 1 aliphatic carbocycles. The minimum atomic E-state index is -0.164. The fourth-order valence-electron chi connectivity index (χ4n) is 3.63. The van der Waals surface area contributed by atoms with E-state index in [4.69, 9.17) is 22.1 Å². The van der Waals surface area contributed by atoms with Crippen LogP contribution in [0, 0.1) is 0 Å². The first-order valence-corrected chi connectivity index (χ1v) is 7.92. The molecule has 1 aromatic rings. The molecule has 1 aromatic carbocycles. The number of rotatable bonds is 3. The summed E-state index contributed by atoms with van der Waals surface area (Å²) < 4.78 is 5.04. The van der Waals surface area contributed by atoms with Crippen molar-refractivity contribution in [2.45, 2.75) is 37.1 Å². The molecule has 114 valence electrons. The van der Waals surface area contributed by atoms with E-state index in [2.05, 4.69) is 6.07 Å². The Balaban J connectivity index is 1.74. The molecule has 0 spiro atoms. The largest absolute Gasteiger partial charge is 0.448 e. The fraction of sp³-hybridized carbons (Fsp3) is 0.562. The number of hydrogen-bond donors (Lipinski definition) is 1. The normalized spacial score (nSPS) is 29.5. The Labute approximate surface area is 130 Å². The van der Waals surface area contributed by atoms with E-state index in [9.17, 15) is 4.79 Å². The third-order valence-corrected chi connectivity index (χ3v) is 5.21. The molecule has 3 rings (SSSR count). The molecule has 4 nitrogen and oxygen atoms in total. The van der Waals surface area contributed by atoms with Crippen LogP contribution >= 0.6 is 11.6 Å². The van der Waals surface area contributed by atoms with Crippen molar-refractivity contribution in [1.29, 1.82) is 0 Å². The Bertz CT molecular complexity index is 527. The Morgan fingerprint density at radius 1 is 1.38 bits per heavy atom. The molecule has 1 aliphatic heterocycles. The topological polar surface area (TPSA) is 55.6 Å². The van der Waals surface area contributed by atoms with Gasteiger partial charge in [0.1, 0.15) is 6.61 Å². The summed E-state index contributed by atoms with van der Waals surface area (Å²) in [6.45, 7) is 1.85. The van der Waals surface area contributed by atoms with Crippen molar-refractivity contribution < 1.29 is 9.53 Å². The highest BCUT2D eigenvalue weighted by molar-refractivity contribution is 6.30. The molecular weight excluding hydrogens is 288 g/mol. The lowest BCUT2D eigenvalue weighted by atomic mass is 9.68. The SMILES string of the molecule is NC[C@]1(c2cccc(Cl)c2)CC[C@H](N2CCOC2=O)CC1. The van der Waals surface area contributed by atoms with Gasteiger partial charge in [-0.1, -0.05) is 23.7 Å². The molecule has 0 unspecified atom stereocenters. The van der Waals surface area contributed by atoms with Gasteiger partial charge in [0.2, 0.25) is 0 Å². The molecule has 1 saturated carbocycles. The van der Waals surface area contributed by atoms with Crippen LogP contribution < -0.4 is 5.73 Å². The predicted molar refractivity (Wildman–Crippen MR) is 82.5 cm³/mol. The van der Waals surface area contributed by atoms with Crippen molar-refractivity contribution in [1.82, 2.24) is 4.90 Å². The number of ether oxygens (including phenoxy) is 1. The third kappa shape index (κ3) is 2.74. The molecule has 2 fully saturated rings. The second-order valence-electron chi connectivity index (χ2n) is 6.03. The number of carbonyl (C=O) groups is 1. The summed E-state index contributed by atoms with van der Waals surface area (Å²) in [7, 11) is 0. The highest BCUT2D eigenvalue weighted by Crippen LogP contribution is 2.41. The van der Waals surface area contributed by atoms with E-state index in [1.807, 2.05) is 23.1 Å². The fourth-order valence-corrected chi connectivity index (χ4v) is 3.82. The summed E-state index contributed by atoms with van der Waals surface area (Å²) in [5.74, 6) is 0. The van der Waals surface area contributed by atoms with Crippen molar-refractivity contribution in [2.75, 3.05) is 19.7 Å². The van der Waals surface area contributed by atoms with Crippen LogP contribution in [0.1, 0.15) is 31.2 Å². The standard InChI is InChI=1S/C16H21ClN2O2/c17-13-3-1-2-12(10-13)16(11-18)6-4-14(5-7-16)19-8-9-21-15(19)20/h1-3,10,14H,4-9,11,18H2/t14-,16-. The van der Waals surface area contributed by atoms with Crippen LogP contribution in [0.3, 0.4) is 0 Å². The van der Waals surface area contributed by atoms with Gasteiger partial charge in [-0.2, -0.15) is 0 Å². The van der Waals surface area contributed by atoms with Crippen LogP contribution in [0.25, 0.3) is 0 Å². The highest BCUT2D eigenvalue weighted by atomic mass is 35.5. The number of cyclic esters (lactones) is 1.